The molecule has 0 radical (unpaired) electrons. The van der Waals surface area contributed by atoms with E-state index in [2.05, 4.69) is 15.3 Å². The zero-order valence-corrected chi connectivity index (χ0v) is 11.4. The Labute approximate surface area is 125 Å². The minimum Gasteiger partial charge on any atom is -0.348 e. The summed E-state index contributed by atoms with van der Waals surface area (Å²) >= 11 is 0. The molecule has 4 N–H and O–H groups in total. The summed E-state index contributed by atoms with van der Waals surface area (Å²) in [5, 5.41) is 11.3. The average molecular weight is 302 g/mol. The van der Waals surface area contributed by atoms with Crippen molar-refractivity contribution in [2.45, 2.75) is 12.5 Å². The van der Waals surface area contributed by atoms with Gasteiger partial charge in [-0.2, -0.15) is 0 Å². The van der Waals surface area contributed by atoms with E-state index < -0.39 is 17.9 Å². The first-order valence-electron chi connectivity index (χ1n) is 6.42. The van der Waals surface area contributed by atoms with Crippen molar-refractivity contribution in [3.05, 3.63) is 53.6 Å². The number of imidazole rings is 1. The lowest BCUT2D eigenvalue weighted by molar-refractivity contribution is -0.131. The van der Waals surface area contributed by atoms with Crippen LogP contribution in [0.1, 0.15) is 26.4 Å². The van der Waals surface area contributed by atoms with Gasteiger partial charge in [0.05, 0.1) is 6.33 Å². The molecule has 0 fully saturated rings. The van der Waals surface area contributed by atoms with Crippen molar-refractivity contribution >= 4 is 18.1 Å². The van der Waals surface area contributed by atoms with E-state index in [1.54, 1.807) is 12.1 Å². The number of nitrogens with one attached hydrogen (secondary N) is 3. The van der Waals surface area contributed by atoms with E-state index in [0.717, 1.165) is 0 Å². The molecule has 0 aliphatic heterocycles. The largest absolute Gasteiger partial charge is 0.348 e. The summed E-state index contributed by atoms with van der Waals surface area (Å²) in [6, 6.07) is 5.19. The van der Waals surface area contributed by atoms with Gasteiger partial charge in [-0.3, -0.25) is 19.6 Å². The van der Waals surface area contributed by atoms with Gasteiger partial charge in [-0.05, 0) is 6.07 Å². The van der Waals surface area contributed by atoms with Crippen molar-refractivity contribution in [1.82, 2.24) is 20.8 Å². The van der Waals surface area contributed by atoms with Crippen LogP contribution in [0.2, 0.25) is 0 Å². The Morgan fingerprint density at radius 3 is 2.77 bits per heavy atom. The number of nitrogens with zero attached hydrogens (tertiary/aromatic N) is 1. The summed E-state index contributed by atoms with van der Waals surface area (Å²) in [7, 11) is 0. The molecule has 2 amide bonds. The van der Waals surface area contributed by atoms with Gasteiger partial charge in [0.15, 0.2) is 6.29 Å². The second-order valence-corrected chi connectivity index (χ2v) is 4.49. The van der Waals surface area contributed by atoms with E-state index in [0.29, 0.717) is 12.0 Å². The molecule has 8 nitrogen and oxygen atoms in total. The van der Waals surface area contributed by atoms with Gasteiger partial charge >= 0.3 is 0 Å². The van der Waals surface area contributed by atoms with Crippen LogP contribution in [-0.2, 0) is 11.2 Å². The fourth-order valence-corrected chi connectivity index (χ4v) is 1.95. The molecule has 2 aromatic rings. The van der Waals surface area contributed by atoms with Crippen LogP contribution < -0.4 is 10.8 Å². The first-order chi connectivity index (χ1) is 10.7. The Balaban J connectivity index is 2.17. The molecular weight excluding hydrogens is 288 g/mol. The molecule has 1 aromatic carbocycles. The molecule has 8 heteroatoms. The van der Waals surface area contributed by atoms with Crippen LogP contribution >= 0.6 is 0 Å². The molecule has 0 bridgehead atoms. The molecule has 2 rings (SSSR count). The van der Waals surface area contributed by atoms with Crippen molar-refractivity contribution in [3.8, 4) is 0 Å². The first kappa shape index (κ1) is 15.4. The van der Waals surface area contributed by atoms with Gasteiger partial charge in [-0.1, -0.05) is 18.2 Å². The molecule has 1 heterocycles. The molecule has 0 aliphatic carbocycles. The summed E-state index contributed by atoms with van der Waals surface area (Å²) in [5.74, 6) is -1.36. The second-order valence-electron chi connectivity index (χ2n) is 4.49. The highest BCUT2D eigenvalue weighted by Gasteiger charge is 2.23. The van der Waals surface area contributed by atoms with Gasteiger partial charge in [-0.15, -0.1) is 0 Å². The number of benzene rings is 1. The molecule has 1 atom stereocenters. The predicted octanol–water partition coefficient (Wildman–Crippen LogP) is 0.0687. The smallest absolute Gasteiger partial charge is 0.266 e. The SMILES string of the molecule is O=Cc1ccccc1C(=O)N[C@H](Cc1cnc[nH]1)C(=O)NO. The van der Waals surface area contributed by atoms with Crippen LogP contribution in [0.4, 0.5) is 0 Å². The minimum atomic E-state index is -1.02. The number of aromatic nitrogens is 2. The number of rotatable bonds is 6. The summed E-state index contributed by atoms with van der Waals surface area (Å²) in [6.45, 7) is 0. The van der Waals surface area contributed by atoms with Gasteiger partial charge in [-0.25, -0.2) is 10.5 Å². The lowest BCUT2D eigenvalue weighted by Gasteiger charge is -2.16. The van der Waals surface area contributed by atoms with Crippen LogP contribution in [-0.4, -0.2) is 39.3 Å². The van der Waals surface area contributed by atoms with Crippen molar-refractivity contribution in [3.63, 3.8) is 0 Å². The number of carbonyl (C=O) groups is 3. The molecule has 1 aromatic heterocycles. The van der Waals surface area contributed by atoms with Crippen LogP contribution in [0.25, 0.3) is 0 Å². The number of hydrogen-bond donors (Lipinski definition) is 4. The number of hydroxylamine groups is 1. The Kier molecular flexibility index (Phi) is 4.99. The van der Waals surface area contributed by atoms with Crippen LogP contribution in [0, 0.1) is 0 Å². The Bertz CT molecular complexity index is 669. The molecule has 0 aliphatic rings. The minimum absolute atomic E-state index is 0.112. The standard InChI is InChI=1S/C14H14N4O4/c19-7-9-3-1-2-4-11(9)13(20)17-12(14(21)18-22)5-10-6-15-8-16-10/h1-4,6-8,12,22H,5H2,(H,15,16)(H,17,20)(H,18,21)/t12-/m1/s1. The van der Waals surface area contributed by atoms with Crippen molar-refractivity contribution in [2.24, 2.45) is 0 Å². The number of aldehydes is 1. The Hall–Kier alpha value is -3.00. The molecule has 0 spiro atoms. The highest BCUT2D eigenvalue weighted by molar-refractivity contribution is 6.03. The first-order valence-corrected chi connectivity index (χ1v) is 6.42. The molecule has 0 saturated carbocycles. The lowest BCUT2D eigenvalue weighted by atomic mass is 10.1. The third-order valence-corrected chi connectivity index (χ3v) is 3.04. The lowest BCUT2D eigenvalue weighted by Crippen LogP contribution is -2.47. The molecule has 22 heavy (non-hydrogen) atoms. The Morgan fingerprint density at radius 1 is 1.36 bits per heavy atom. The maximum atomic E-state index is 12.2. The number of H-pyrrole nitrogens is 1. The van der Waals surface area contributed by atoms with E-state index in [-0.39, 0.29) is 17.5 Å². The van der Waals surface area contributed by atoms with E-state index >= 15 is 0 Å². The quantitative estimate of drug-likeness (QED) is 0.341. The molecular formula is C14H14N4O4. The fraction of sp³-hybridized carbons (Fsp3) is 0.143. The van der Waals surface area contributed by atoms with Crippen LogP contribution in [0.5, 0.6) is 0 Å². The normalized spacial score (nSPS) is 11.5. The second kappa shape index (κ2) is 7.14. The zero-order chi connectivity index (χ0) is 15.9. The van der Waals surface area contributed by atoms with Crippen LogP contribution in [0.3, 0.4) is 0 Å². The number of hydrogen-bond acceptors (Lipinski definition) is 5. The maximum Gasteiger partial charge on any atom is 0.266 e. The Morgan fingerprint density at radius 2 is 2.14 bits per heavy atom. The molecule has 0 unspecified atom stereocenters. The zero-order valence-electron chi connectivity index (χ0n) is 11.4. The number of carbonyl (C=O) groups excluding carboxylic acids is 3. The van der Waals surface area contributed by atoms with Gasteiger partial charge < -0.3 is 10.3 Å². The van der Waals surface area contributed by atoms with Gasteiger partial charge in [0.2, 0.25) is 0 Å². The predicted molar refractivity (Wildman–Crippen MR) is 75.3 cm³/mol. The number of amides is 2. The summed E-state index contributed by atoms with van der Waals surface area (Å²) < 4.78 is 0. The highest BCUT2D eigenvalue weighted by Crippen LogP contribution is 2.07. The van der Waals surface area contributed by atoms with Crippen molar-refractivity contribution < 1.29 is 19.6 Å². The monoisotopic (exact) mass is 302 g/mol. The number of aromatic amines is 1. The topological polar surface area (TPSA) is 124 Å². The van der Waals surface area contributed by atoms with Crippen molar-refractivity contribution in [2.75, 3.05) is 0 Å². The van der Waals surface area contributed by atoms with Crippen molar-refractivity contribution in [1.29, 1.82) is 0 Å². The van der Waals surface area contributed by atoms with E-state index in [4.69, 9.17) is 5.21 Å². The van der Waals surface area contributed by atoms with Crippen LogP contribution in [0.15, 0.2) is 36.8 Å². The van der Waals surface area contributed by atoms with Gasteiger partial charge in [0, 0.05) is 29.4 Å². The van der Waals surface area contributed by atoms with Gasteiger partial charge in [0.25, 0.3) is 11.8 Å². The van der Waals surface area contributed by atoms with E-state index in [1.807, 2.05) is 0 Å². The third-order valence-electron chi connectivity index (χ3n) is 3.04. The maximum absolute atomic E-state index is 12.2. The summed E-state index contributed by atoms with van der Waals surface area (Å²) in [4.78, 5) is 41.5. The molecule has 0 saturated heterocycles. The van der Waals surface area contributed by atoms with Gasteiger partial charge in [0.1, 0.15) is 6.04 Å². The highest BCUT2D eigenvalue weighted by atomic mass is 16.5. The summed E-state index contributed by atoms with van der Waals surface area (Å²) in [6.07, 6.45) is 3.61. The van der Waals surface area contributed by atoms with E-state index in [1.165, 1.54) is 30.1 Å². The molecule has 114 valence electrons. The fourth-order valence-electron chi connectivity index (χ4n) is 1.95. The average Bonchev–Trinajstić information content (AvgIpc) is 3.06. The van der Waals surface area contributed by atoms with E-state index in [9.17, 15) is 14.4 Å². The third kappa shape index (κ3) is 3.55. The summed E-state index contributed by atoms with van der Waals surface area (Å²) in [5.41, 5.74) is 2.48.